The minimum atomic E-state index is -0.912. The molecule has 1 rings (SSSR count). The van der Waals surface area contributed by atoms with Crippen molar-refractivity contribution < 1.29 is 14.7 Å². The molecule has 2 amide bonds. The average Bonchev–Trinajstić information content (AvgIpc) is 2.82. The third-order valence-electron chi connectivity index (χ3n) is 3.78. The van der Waals surface area contributed by atoms with Crippen molar-refractivity contribution in [2.75, 3.05) is 12.8 Å². The van der Waals surface area contributed by atoms with Gasteiger partial charge in [0.05, 0.1) is 5.37 Å². The summed E-state index contributed by atoms with van der Waals surface area (Å²) in [6.45, 7) is 8.14. The van der Waals surface area contributed by atoms with Crippen LogP contribution in [0.5, 0.6) is 0 Å². The molecular formula is C14H26N2O3S. The van der Waals surface area contributed by atoms with E-state index in [9.17, 15) is 14.7 Å². The zero-order valence-electron chi connectivity index (χ0n) is 13.0. The number of carboxylic acids is 1. The Balaban J connectivity index is 2.91. The lowest BCUT2D eigenvalue weighted by atomic mass is 10.1. The molecule has 0 aliphatic carbocycles. The van der Waals surface area contributed by atoms with Crippen LogP contribution in [0.4, 0.5) is 4.79 Å². The first-order chi connectivity index (χ1) is 9.31. The van der Waals surface area contributed by atoms with Crippen LogP contribution < -0.4 is 0 Å². The van der Waals surface area contributed by atoms with Crippen LogP contribution in [0.3, 0.4) is 0 Å². The second-order valence-corrected chi connectivity index (χ2v) is 6.91. The average molecular weight is 302 g/mol. The first-order valence-corrected chi connectivity index (χ1v) is 8.25. The van der Waals surface area contributed by atoms with E-state index >= 15 is 0 Å². The molecule has 20 heavy (non-hydrogen) atoms. The van der Waals surface area contributed by atoms with Gasteiger partial charge in [-0.3, -0.25) is 4.90 Å². The SMILES string of the molecule is CCCC(C)N(C)C(=O)N1C(C(=O)O)CSC1C(C)C. The van der Waals surface area contributed by atoms with E-state index in [1.807, 2.05) is 20.8 Å². The molecule has 6 heteroatoms. The lowest BCUT2D eigenvalue weighted by Crippen LogP contribution is -2.53. The summed E-state index contributed by atoms with van der Waals surface area (Å²) in [6, 6.07) is -0.751. The Bertz CT molecular complexity index is 362. The molecule has 0 spiro atoms. The lowest BCUT2D eigenvalue weighted by molar-refractivity contribution is -0.141. The molecule has 1 fully saturated rings. The molecule has 0 aromatic carbocycles. The molecule has 1 saturated heterocycles. The molecule has 3 unspecified atom stereocenters. The van der Waals surface area contributed by atoms with Gasteiger partial charge in [0.25, 0.3) is 0 Å². The van der Waals surface area contributed by atoms with Crippen LogP contribution in [-0.2, 0) is 4.79 Å². The smallest absolute Gasteiger partial charge is 0.327 e. The monoisotopic (exact) mass is 302 g/mol. The molecule has 0 saturated carbocycles. The highest BCUT2D eigenvalue weighted by Crippen LogP contribution is 2.35. The zero-order chi connectivity index (χ0) is 15.4. The largest absolute Gasteiger partial charge is 0.480 e. The number of carboxylic acid groups (broad SMARTS) is 1. The summed E-state index contributed by atoms with van der Waals surface area (Å²) < 4.78 is 0. The highest BCUT2D eigenvalue weighted by atomic mass is 32.2. The van der Waals surface area contributed by atoms with E-state index in [-0.39, 0.29) is 23.4 Å². The minimum Gasteiger partial charge on any atom is -0.480 e. The molecule has 5 nitrogen and oxygen atoms in total. The molecule has 3 atom stereocenters. The number of nitrogens with zero attached hydrogens (tertiary/aromatic N) is 2. The van der Waals surface area contributed by atoms with E-state index in [4.69, 9.17) is 0 Å². The maximum absolute atomic E-state index is 12.7. The summed E-state index contributed by atoms with van der Waals surface area (Å²) in [5.74, 6) is -0.200. The summed E-state index contributed by atoms with van der Waals surface area (Å²) in [4.78, 5) is 27.3. The second kappa shape index (κ2) is 7.20. The number of urea groups is 1. The molecule has 116 valence electrons. The van der Waals surface area contributed by atoms with Gasteiger partial charge in [0.2, 0.25) is 0 Å². The van der Waals surface area contributed by atoms with Crippen molar-refractivity contribution >= 4 is 23.8 Å². The standard InChI is InChI=1S/C14H26N2O3S/c1-6-7-10(4)15(5)14(19)16-11(13(17)18)8-20-12(16)9(2)3/h9-12H,6-8H2,1-5H3,(H,17,18). The van der Waals surface area contributed by atoms with E-state index in [2.05, 4.69) is 6.92 Å². The number of amides is 2. The number of aliphatic carboxylic acids is 1. The fraction of sp³-hybridized carbons (Fsp3) is 0.857. The molecule has 1 aliphatic heterocycles. The van der Waals surface area contributed by atoms with Crippen LogP contribution in [0.2, 0.25) is 0 Å². The molecule has 1 N–H and O–H groups in total. The Morgan fingerprint density at radius 3 is 2.45 bits per heavy atom. The normalized spacial score (nSPS) is 24.0. The fourth-order valence-corrected chi connectivity index (χ4v) is 3.92. The molecule has 0 aromatic heterocycles. The predicted molar refractivity (Wildman–Crippen MR) is 81.9 cm³/mol. The summed E-state index contributed by atoms with van der Waals surface area (Å²) >= 11 is 1.56. The minimum absolute atomic E-state index is 0.0557. The lowest BCUT2D eigenvalue weighted by Gasteiger charge is -2.35. The second-order valence-electron chi connectivity index (χ2n) is 5.76. The number of thioether (sulfide) groups is 1. The van der Waals surface area contributed by atoms with E-state index < -0.39 is 12.0 Å². The summed E-state index contributed by atoms with van der Waals surface area (Å²) in [5.41, 5.74) is 0. The van der Waals surface area contributed by atoms with Crippen molar-refractivity contribution in [3.63, 3.8) is 0 Å². The highest BCUT2D eigenvalue weighted by molar-refractivity contribution is 8.00. The van der Waals surface area contributed by atoms with E-state index in [0.29, 0.717) is 5.75 Å². The molecule has 0 aromatic rings. The van der Waals surface area contributed by atoms with Crippen LogP contribution in [0.15, 0.2) is 0 Å². The van der Waals surface area contributed by atoms with Crippen LogP contribution in [0.1, 0.15) is 40.5 Å². The van der Waals surface area contributed by atoms with Gasteiger partial charge >= 0.3 is 12.0 Å². The van der Waals surface area contributed by atoms with Gasteiger partial charge in [-0.2, -0.15) is 0 Å². The Hall–Kier alpha value is -0.910. The number of carbonyl (C=O) groups is 2. The van der Waals surface area contributed by atoms with E-state index in [1.54, 1.807) is 28.6 Å². The molecule has 0 bridgehead atoms. The molecular weight excluding hydrogens is 276 g/mol. The molecule has 0 radical (unpaired) electrons. The Morgan fingerprint density at radius 2 is 2.00 bits per heavy atom. The Morgan fingerprint density at radius 1 is 1.40 bits per heavy atom. The maximum atomic E-state index is 12.7. The van der Waals surface area contributed by atoms with E-state index in [1.165, 1.54) is 0 Å². The summed E-state index contributed by atoms with van der Waals surface area (Å²) in [6.07, 6.45) is 1.93. The predicted octanol–water partition coefficient (Wildman–Crippen LogP) is 2.71. The maximum Gasteiger partial charge on any atom is 0.327 e. The van der Waals surface area contributed by atoms with Gasteiger partial charge in [-0.05, 0) is 19.3 Å². The van der Waals surface area contributed by atoms with Crippen molar-refractivity contribution in [1.82, 2.24) is 9.80 Å². The van der Waals surface area contributed by atoms with Crippen molar-refractivity contribution in [2.24, 2.45) is 5.92 Å². The Kier molecular flexibility index (Phi) is 6.17. The quantitative estimate of drug-likeness (QED) is 0.848. The summed E-state index contributed by atoms with van der Waals surface area (Å²) in [5, 5.41) is 9.27. The number of hydrogen-bond acceptors (Lipinski definition) is 3. The fourth-order valence-electron chi connectivity index (χ4n) is 2.46. The van der Waals surface area contributed by atoms with Crippen LogP contribution in [0.25, 0.3) is 0 Å². The van der Waals surface area contributed by atoms with Gasteiger partial charge in [-0.25, -0.2) is 9.59 Å². The van der Waals surface area contributed by atoms with Crippen LogP contribution >= 0.6 is 11.8 Å². The molecule has 1 aliphatic rings. The first-order valence-electron chi connectivity index (χ1n) is 7.20. The highest BCUT2D eigenvalue weighted by Gasteiger charge is 2.44. The van der Waals surface area contributed by atoms with Gasteiger partial charge in [-0.15, -0.1) is 11.8 Å². The number of rotatable bonds is 5. The van der Waals surface area contributed by atoms with Gasteiger partial charge in [0, 0.05) is 18.8 Å². The number of hydrogen-bond donors (Lipinski definition) is 1. The summed E-state index contributed by atoms with van der Waals surface area (Å²) in [7, 11) is 1.77. The van der Waals surface area contributed by atoms with Crippen molar-refractivity contribution in [3.05, 3.63) is 0 Å². The van der Waals surface area contributed by atoms with Gasteiger partial charge in [0.15, 0.2) is 0 Å². The topological polar surface area (TPSA) is 60.9 Å². The first kappa shape index (κ1) is 17.1. The van der Waals surface area contributed by atoms with Gasteiger partial charge in [0.1, 0.15) is 6.04 Å². The van der Waals surface area contributed by atoms with Crippen molar-refractivity contribution in [3.8, 4) is 0 Å². The zero-order valence-corrected chi connectivity index (χ0v) is 13.8. The molecule has 1 heterocycles. The number of carbonyl (C=O) groups excluding carboxylic acids is 1. The Labute approximate surface area is 125 Å². The van der Waals surface area contributed by atoms with Crippen LogP contribution in [0, 0.1) is 5.92 Å². The van der Waals surface area contributed by atoms with Gasteiger partial charge in [-0.1, -0.05) is 27.2 Å². The third kappa shape index (κ3) is 3.59. The van der Waals surface area contributed by atoms with Crippen molar-refractivity contribution in [1.29, 1.82) is 0 Å². The third-order valence-corrected chi connectivity index (χ3v) is 5.40. The van der Waals surface area contributed by atoms with E-state index in [0.717, 1.165) is 12.8 Å². The van der Waals surface area contributed by atoms with Crippen molar-refractivity contribution in [2.45, 2.75) is 58.0 Å². The van der Waals surface area contributed by atoms with Gasteiger partial charge < -0.3 is 10.0 Å². The van der Waals surface area contributed by atoms with Crippen LogP contribution in [-0.4, -0.2) is 57.2 Å².